The van der Waals surface area contributed by atoms with Crippen LogP contribution in [0.4, 0.5) is 0 Å². The molecular weight excluding hydrogens is 252 g/mol. The molecule has 0 heterocycles. The molecule has 0 aliphatic carbocycles. The zero-order valence-corrected chi connectivity index (χ0v) is 10.2. The van der Waals surface area contributed by atoms with Crippen LogP contribution in [0.5, 0.6) is 0 Å². The van der Waals surface area contributed by atoms with Gasteiger partial charge >= 0.3 is 0 Å². The summed E-state index contributed by atoms with van der Waals surface area (Å²) >= 11 is 0. The Balaban J connectivity index is 2.98. The fraction of sp³-hybridized carbons (Fsp3) is 0.250. The van der Waals surface area contributed by atoms with Crippen LogP contribution in [0.15, 0.2) is 35.2 Å². The number of benzene rings is 1. The summed E-state index contributed by atoms with van der Waals surface area (Å²) in [6.45, 7) is 1.66. The van der Waals surface area contributed by atoms with Crippen molar-refractivity contribution in [3.8, 4) is 0 Å². The third-order valence-electron chi connectivity index (χ3n) is 1.61. The Morgan fingerprint density at radius 3 is 2.12 bits per heavy atom. The molecule has 1 aromatic rings. The standard InChI is InChI=1S/C8H12N2O4S2/c1-2-9-16(13,14)10-15(11,12)8-6-4-3-5-7-8/h3-7,9-10H,2H2,1H3. The van der Waals surface area contributed by atoms with Crippen LogP contribution in [0.2, 0.25) is 0 Å². The predicted octanol–water partition coefficient (Wildman–Crippen LogP) is -0.181. The van der Waals surface area contributed by atoms with E-state index in [4.69, 9.17) is 0 Å². The largest absolute Gasteiger partial charge is 0.290 e. The first kappa shape index (κ1) is 13.1. The molecule has 1 aromatic carbocycles. The molecule has 16 heavy (non-hydrogen) atoms. The van der Waals surface area contributed by atoms with Gasteiger partial charge in [-0.3, -0.25) is 0 Å². The molecule has 0 aliphatic heterocycles. The van der Waals surface area contributed by atoms with Gasteiger partial charge in [-0.1, -0.05) is 29.3 Å². The lowest BCUT2D eigenvalue weighted by atomic mass is 10.4. The Kier molecular flexibility index (Phi) is 4.03. The molecule has 90 valence electrons. The van der Waals surface area contributed by atoms with Gasteiger partial charge in [0.1, 0.15) is 0 Å². The quantitative estimate of drug-likeness (QED) is 0.771. The minimum absolute atomic E-state index is 0.100. The van der Waals surface area contributed by atoms with Crippen molar-refractivity contribution in [1.29, 1.82) is 0 Å². The van der Waals surface area contributed by atoms with Gasteiger partial charge in [-0.05, 0) is 12.1 Å². The highest BCUT2D eigenvalue weighted by molar-refractivity contribution is 8.03. The van der Waals surface area contributed by atoms with Crippen molar-refractivity contribution in [2.75, 3.05) is 6.54 Å². The van der Waals surface area contributed by atoms with E-state index in [-0.39, 0.29) is 11.4 Å². The first-order valence-corrected chi connectivity index (χ1v) is 7.42. The summed E-state index contributed by atoms with van der Waals surface area (Å²) in [5, 5.41) is 0. The molecule has 1 rings (SSSR count). The fourth-order valence-corrected chi connectivity index (χ4v) is 3.68. The Morgan fingerprint density at radius 2 is 1.62 bits per heavy atom. The van der Waals surface area contributed by atoms with Crippen molar-refractivity contribution in [3.05, 3.63) is 30.3 Å². The third-order valence-corrected chi connectivity index (χ3v) is 4.92. The highest BCUT2D eigenvalue weighted by Crippen LogP contribution is 2.07. The van der Waals surface area contributed by atoms with Crippen molar-refractivity contribution in [2.24, 2.45) is 0 Å². The molecule has 0 radical (unpaired) electrons. The van der Waals surface area contributed by atoms with Crippen LogP contribution in [0.1, 0.15) is 6.92 Å². The van der Waals surface area contributed by atoms with Crippen molar-refractivity contribution in [3.63, 3.8) is 0 Å². The van der Waals surface area contributed by atoms with Crippen molar-refractivity contribution < 1.29 is 16.8 Å². The Labute approximate surface area is 94.9 Å². The third kappa shape index (κ3) is 3.56. The van der Waals surface area contributed by atoms with Gasteiger partial charge in [-0.15, -0.1) is 0 Å². The molecule has 2 N–H and O–H groups in total. The van der Waals surface area contributed by atoms with Crippen LogP contribution in [0.3, 0.4) is 0 Å². The second-order valence-electron chi connectivity index (χ2n) is 2.90. The zero-order valence-electron chi connectivity index (χ0n) is 8.54. The number of rotatable bonds is 5. The van der Waals surface area contributed by atoms with E-state index in [1.807, 2.05) is 4.72 Å². The lowest BCUT2D eigenvalue weighted by Crippen LogP contribution is -2.39. The molecule has 0 saturated carbocycles. The molecule has 0 saturated heterocycles. The zero-order chi connectivity index (χ0) is 12.2. The molecule has 0 fully saturated rings. The maximum absolute atomic E-state index is 11.6. The normalized spacial score (nSPS) is 12.6. The van der Waals surface area contributed by atoms with Gasteiger partial charge in [0, 0.05) is 6.54 Å². The number of sulfonamides is 1. The van der Waals surface area contributed by atoms with Crippen LogP contribution >= 0.6 is 0 Å². The molecule has 0 amide bonds. The Morgan fingerprint density at radius 1 is 1.06 bits per heavy atom. The van der Waals surface area contributed by atoms with Gasteiger partial charge < -0.3 is 0 Å². The van der Waals surface area contributed by atoms with E-state index in [9.17, 15) is 16.8 Å². The summed E-state index contributed by atoms with van der Waals surface area (Å²) in [5.74, 6) is 0. The lowest BCUT2D eigenvalue weighted by Gasteiger charge is -2.07. The second-order valence-corrected chi connectivity index (χ2v) is 6.34. The average molecular weight is 264 g/mol. The van der Waals surface area contributed by atoms with E-state index < -0.39 is 20.2 Å². The summed E-state index contributed by atoms with van der Waals surface area (Å²) < 4.78 is 49.2. The molecule has 8 heteroatoms. The topological polar surface area (TPSA) is 92.3 Å². The lowest BCUT2D eigenvalue weighted by molar-refractivity contribution is 0.569. The van der Waals surface area contributed by atoms with E-state index in [0.717, 1.165) is 0 Å². The van der Waals surface area contributed by atoms with Gasteiger partial charge in [0.05, 0.1) is 4.90 Å². The van der Waals surface area contributed by atoms with Gasteiger partial charge in [-0.25, -0.2) is 13.1 Å². The number of nitrogens with one attached hydrogen (secondary N) is 2. The predicted molar refractivity (Wildman–Crippen MR) is 59.4 cm³/mol. The van der Waals surface area contributed by atoms with E-state index in [2.05, 4.69) is 0 Å². The van der Waals surface area contributed by atoms with Gasteiger partial charge in [0.15, 0.2) is 0 Å². The first-order valence-electron chi connectivity index (χ1n) is 4.45. The van der Waals surface area contributed by atoms with Crippen LogP contribution in [-0.2, 0) is 20.2 Å². The number of hydrogen-bond acceptors (Lipinski definition) is 4. The summed E-state index contributed by atoms with van der Waals surface area (Å²) in [6, 6.07) is 7.27. The molecule has 0 aliphatic rings. The average Bonchev–Trinajstić information content (AvgIpc) is 2.17. The van der Waals surface area contributed by atoms with Gasteiger partial charge in [0.2, 0.25) is 0 Å². The monoisotopic (exact) mass is 264 g/mol. The smallest absolute Gasteiger partial charge is 0.206 e. The summed E-state index contributed by atoms with van der Waals surface area (Å²) in [6.07, 6.45) is 0. The van der Waals surface area contributed by atoms with Crippen LogP contribution < -0.4 is 8.85 Å². The molecule has 0 unspecified atom stereocenters. The fourth-order valence-electron chi connectivity index (χ4n) is 1.01. The second kappa shape index (κ2) is 4.91. The van der Waals surface area contributed by atoms with Crippen molar-refractivity contribution in [1.82, 2.24) is 8.85 Å². The van der Waals surface area contributed by atoms with Crippen molar-refractivity contribution in [2.45, 2.75) is 11.8 Å². The summed E-state index contributed by atoms with van der Waals surface area (Å²) in [7, 11) is -8.07. The highest BCUT2D eigenvalue weighted by atomic mass is 32.3. The van der Waals surface area contributed by atoms with Crippen LogP contribution in [-0.4, -0.2) is 23.4 Å². The molecule has 6 nitrogen and oxygen atoms in total. The number of hydrogen-bond donors (Lipinski definition) is 2. The summed E-state index contributed by atoms with van der Waals surface area (Å²) in [4.78, 5) is -0.100. The van der Waals surface area contributed by atoms with Gasteiger partial charge in [0.25, 0.3) is 20.2 Å². The highest BCUT2D eigenvalue weighted by Gasteiger charge is 2.21. The van der Waals surface area contributed by atoms with Crippen molar-refractivity contribution >= 4 is 20.2 Å². The minimum Gasteiger partial charge on any atom is -0.206 e. The summed E-state index contributed by atoms with van der Waals surface area (Å²) in [5.41, 5.74) is 0. The first-order chi connectivity index (χ1) is 7.37. The molecule has 0 atom stereocenters. The van der Waals surface area contributed by atoms with E-state index >= 15 is 0 Å². The maximum atomic E-state index is 11.6. The van der Waals surface area contributed by atoms with E-state index in [1.54, 1.807) is 17.1 Å². The van der Waals surface area contributed by atoms with E-state index in [0.29, 0.717) is 0 Å². The Hall–Kier alpha value is -0.960. The molecule has 0 aromatic heterocycles. The molecule has 0 spiro atoms. The van der Waals surface area contributed by atoms with Crippen LogP contribution in [0.25, 0.3) is 0 Å². The molecular formula is C8H12N2O4S2. The maximum Gasteiger partial charge on any atom is 0.290 e. The van der Waals surface area contributed by atoms with Crippen LogP contribution in [0, 0.1) is 0 Å². The van der Waals surface area contributed by atoms with Gasteiger partial charge in [-0.2, -0.15) is 8.42 Å². The molecule has 0 bridgehead atoms. The minimum atomic E-state index is -4.04. The SMILES string of the molecule is CCNS(=O)(=O)NS(=O)(=O)c1ccccc1. The van der Waals surface area contributed by atoms with E-state index in [1.165, 1.54) is 24.3 Å². The Bertz CT molecular complexity index is 537.